The summed E-state index contributed by atoms with van der Waals surface area (Å²) in [7, 11) is 0.0322. The molecule has 1 N–H and O–H groups in total. The maximum Gasteiger partial charge on any atom is 0.323 e. The summed E-state index contributed by atoms with van der Waals surface area (Å²) in [5, 5.41) is 8.09. The smallest absolute Gasteiger partial charge is 0.323 e. The van der Waals surface area contributed by atoms with Crippen LogP contribution in [0.1, 0.15) is 10.8 Å². The van der Waals surface area contributed by atoms with Crippen LogP contribution < -0.4 is 0 Å². The van der Waals surface area contributed by atoms with Gasteiger partial charge < -0.3 is 9.84 Å². The number of carboxylic acid groups (broad SMARTS) is 1. The average molecular weight is 242 g/mol. The topological polar surface area (TPSA) is 63.6 Å². The fraction of sp³-hybridized carbons (Fsp3) is 0.364. The van der Waals surface area contributed by atoms with E-state index in [2.05, 4.69) is 0 Å². The Bertz CT molecular complexity index is 364. The highest BCUT2D eigenvalue weighted by molar-refractivity contribution is 7.86. The third-order valence-electron chi connectivity index (χ3n) is 2.08. The number of carbonyl (C=O) groups is 1. The van der Waals surface area contributed by atoms with Crippen molar-refractivity contribution < 1.29 is 18.8 Å². The lowest BCUT2D eigenvalue weighted by molar-refractivity contribution is -0.136. The Morgan fingerprint density at radius 1 is 1.44 bits per heavy atom. The van der Waals surface area contributed by atoms with E-state index in [1.54, 1.807) is 30.3 Å². The van der Waals surface area contributed by atoms with Crippen LogP contribution in [0.3, 0.4) is 0 Å². The number of rotatable bonds is 6. The molecule has 0 bridgehead atoms. The van der Waals surface area contributed by atoms with Crippen LogP contribution in [-0.2, 0) is 20.3 Å². The lowest BCUT2D eigenvalue weighted by Gasteiger charge is -2.12. The molecule has 0 aliphatic rings. The summed E-state index contributed by atoms with van der Waals surface area (Å²) >= 11 is 0. The van der Waals surface area contributed by atoms with Gasteiger partial charge >= 0.3 is 5.97 Å². The van der Waals surface area contributed by atoms with E-state index < -0.39 is 22.0 Å². The van der Waals surface area contributed by atoms with Gasteiger partial charge in [-0.15, -0.1) is 0 Å². The summed E-state index contributed by atoms with van der Waals surface area (Å²) in [5.74, 6) is -0.844. The molecule has 1 aromatic carbocycles. The molecule has 0 amide bonds. The minimum atomic E-state index is -1.46. The van der Waals surface area contributed by atoms with E-state index in [-0.39, 0.29) is 5.75 Å². The lowest BCUT2D eigenvalue weighted by Crippen LogP contribution is -2.20. The molecule has 0 radical (unpaired) electrons. The van der Waals surface area contributed by atoms with E-state index >= 15 is 0 Å². The van der Waals surface area contributed by atoms with Gasteiger partial charge in [-0.25, -0.2) is 0 Å². The molecule has 88 valence electrons. The van der Waals surface area contributed by atoms with Crippen molar-refractivity contribution in [3.8, 4) is 0 Å². The Morgan fingerprint density at radius 2 is 2.06 bits per heavy atom. The van der Waals surface area contributed by atoms with Crippen molar-refractivity contribution in [3.63, 3.8) is 0 Å². The highest BCUT2D eigenvalue weighted by atomic mass is 32.2. The summed E-state index contributed by atoms with van der Waals surface area (Å²) in [6.45, 7) is 0.295. The number of aliphatic carboxylic acids is 1. The van der Waals surface area contributed by atoms with Gasteiger partial charge in [0.15, 0.2) is 5.25 Å². The highest BCUT2D eigenvalue weighted by Gasteiger charge is 2.25. The van der Waals surface area contributed by atoms with Crippen LogP contribution in [0.2, 0.25) is 0 Å². The molecule has 0 spiro atoms. The fourth-order valence-corrected chi connectivity index (χ4v) is 2.57. The molecule has 0 aromatic heterocycles. The Kier molecular flexibility index (Phi) is 5.14. The van der Waals surface area contributed by atoms with Gasteiger partial charge in [0.1, 0.15) is 0 Å². The quantitative estimate of drug-likeness (QED) is 0.814. The molecule has 1 aromatic rings. The van der Waals surface area contributed by atoms with Crippen molar-refractivity contribution in [1.29, 1.82) is 0 Å². The third kappa shape index (κ3) is 3.43. The molecule has 0 aliphatic carbocycles. The Labute approximate surface area is 96.7 Å². The molecular weight excluding hydrogens is 228 g/mol. The molecule has 2 unspecified atom stereocenters. The van der Waals surface area contributed by atoms with Gasteiger partial charge in [-0.3, -0.25) is 9.00 Å². The van der Waals surface area contributed by atoms with Crippen molar-refractivity contribution in [1.82, 2.24) is 0 Å². The van der Waals surface area contributed by atoms with Crippen LogP contribution in [0.5, 0.6) is 0 Å². The van der Waals surface area contributed by atoms with Crippen LogP contribution in [0.25, 0.3) is 0 Å². The molecule has 0 fully saturated rings. The van der Waals surface area contributed by atoms with Gasteiger partial charge in [0.25, 0.3) is 0 Å². The molecule has 0 heterocycles. The first-order chi connectivity index (χ1) is 7.66. The second-order valence-corrected chi connectivity index (χ2v) is 4.85. The first kappa shape index (κ1) is 12.9. The molecule has 16 heavy (non-hydrogen) atoms. The number of carboxylic acids is 1. The molecule has 0 saturated heterocycles. The number of hydrogen-bond acceptors (Lipinski definition) is 3. The summed E-state index contributed by atoms with van der Waals surface area (Å²) in [4.78, 5) is 11.1. The van der Waals surface area contributed by atoms with Crippen molar-refractivity contribution in [3.05, 3.63) is 35.9 Å². The summed E-state index contributed by atoms with van der Waals surface area (Å²) < 4.78 is 16.6. The fourth-order valence-electron chi connectivity index (χ4n) is 1.32. The van der Waals surface area contributed by atoms with Crippen LogP contribution in [-0.4, -0.2) is 34.8 Å². The van der Waals surface area contributed by atoms with Gasteiger partial charge in [0, 0.05) is 23.7 Å². The van der Waals surface area contributed by atoms with E-state index in [1.807, 2.05) is 0 Å². The van der Waals surface area contributed by atoms with Gasteiger partial charge in [-0.2, -0.15) is 0 Å². The zero-order valence-electron chi connectivity index (χ0n) is 8.96. The second kappa shape index (κ2) is 6.40. The Hall–Kier alpha value is -1.20. The zero-order valence-corrected chi connectivity index (χ0v) is 9.78. The standard InChI is InChI=1S/C11H14O4S/c1-15-7-8-16(14)10(11(12)13)9-5-3-2-4-6-9/h2-6,10H,7-8H2,1H3,(H,12,13). The first-order valence-corrected chi connectivity index (χ1v) is 6.19. The minimum absolute atomic E-state index is 0.225. The van der Waals surface area contributed by atoms with Crippen molar-refractivity contribution >= 4 is 16.8 Å². The van der Waals surface area contributed by atoms with Crippen LogP contribution in [0.4, 0.5) is 0 Å². The molecule has 0 saturated carbocycles. The first-order valence-electron chi connectivity index (χ1n) is 4.80. The van der Waals surface area contributed by atoms with E-state index in [4.69, 9.17) is 9.84 Å². The lowest BCUT2D eigenvalue weighted by atomic mass is 10.1. The van der Waals surface area contributed by atoms with Gasteiger partial charge in [-0.1, -0.05) is 30.3 Å². The maximum absolute atomic E-state index is 11.8. The normalized spacial score (nSPS) is 14.3. The van der Waals surface area contributed by atoms with Gasteiger partial charge in [-0.05, 0) is 5.56 Å². The van der Waals surface area contributed by atoms with Crippen molar-refractivity contribution in [2.75, 3.05) is 19.5 Å². The largest absolute Gasteiger partial charge is 0.480 e. The number of benzene rings is 1. The monoisotopic (exact) mass is 242 g/mol. The van der Waals surface area contributed by atoms with Crippen molar-refractivity contribution in [2.45, 2.75) is 5.25 Å². The highest BCUT2D eigenvalue weighted by Crippen LogP contribution is 2.20. The van der Waals surface area contributed by atoms with E-state index in [9.17, 15) is 9.00 Å². The van der Waals surface area contributed by atoms with E-state index in [0.29, 0.717) is 12.2 Å². The Morgan fingerprint density at radius 3 is 2.56 bits per heavy atom. The van der Waals surface area contributed by atoms with Crippen molar-refractivity contribution in [2.24, 2.45) is 0 Å². The predicted octanol–water partition coefficient (Wildman–Crippen LogP) is 1.21. The Balaban J connectivity index is 2.84. The van der Waals surface area contributed by atoms with Gasteiger partial charge in [0.2, 0.25) is 0 Å². The van der Waals surface area contributed by atoms with Gasteiger partial charge in [0.05, 0.1) is 6.61 Å². The molecular formula is C11H14O4S. The van der Waals surface area contributed by atoms with Crippen LogP contribution >= 0.6 is 0 Å². The number of ether oxygens (including phenoxy) is 1. The third-order valence-corrected chi connectivity index (χ3v) is 3.65. The predicted molar refractivity (Wildman–Crippen MR) is 61.7 cm³/mol. The summed E-state index contributed by atoms with van der Waals surface area (Å²) in [6, 6.07) is 8.60. The molecule has 2 atom stereocenters. The van der Waals surface area contributed by atoms with Crippen LogP contribution in [0, 0.1) is 0 Å². The summed E-state index contributed by atoms with van der Waals surface area (Å²) in [6.07, 6.45) is 0. The number of hydrogen-bond donors (Lipinski definition) is 1. The zero-order chi connectivity index (χ0) is 12.0. The second-order valence-electron chi connectivity index (χ2n) is 3.21. The molecule has 0 aliphatic heterocycles. The van der Waals surface area contributed by atoms with Crippen LogP contribution in [0.15, 0.2) is 30.3 Å². The SMILES string of the molecule is COCCS(=O)C(C(=O)O)c1ccccc1. The minimum Gasteiger partial charge on any atom is -0.480 e. The average Bonchev–Trinajstić information content (AvgIpc) is 2.27. The molecule has 1 rings (SSSR count). The maximum atomic E-state index is 11.8. The number of methoxy groups -OCH3 is 1. The van der Waals surface area contributed by atoms with E-state index in [1.165, 1.54) is 7.11 Å². The summed E-state index contributed by atoms with van der Waals surface area (Å²) in [5.41, 5.74) is 0.560. The molecule has 4 nitrogen and oxygen atoms in total. The molecule has 5 heteroatoms. The van der Waals surface area contributed by atoms with E-state index in [0.717, 1.165) is 0 Å².